The molecular formula is C23H30ClN5O2S. The quantitative estimate of drug-likeness (QED) is 0.659. The van der Waals surface area contributed by atoms with E-state index in [-0.39, 0.29) is 11.9 Å². The summed E-state index contributed by atoms with van der Waals surface area (Å²) >= 11 is 7.15. The van der Waals surface area contributed by atoms with E-state index in [1.165, 1.54) is 11.3 Å². The van der Waals surface area contributed by atoms with Crippen molar-refractivity contribution in [3.63, 3.8) is 0 Å². The lowest BCUT2D eigenvalue weighted by molar-refractivity contribution is 0.0916. The number of amides is 1. The number of aliphatic imine (C=N–C) groups is 1. The summed E-state index contributed by atoms with van der Waals surface area (Å²) in [5, 5.41) is 2.86. The standard InChI is InChI=1S/C21H24ClN5O2S.C2H6/c1-26(2)17-10-13(20-23-8-9-27(20)3)4-5-15(17)16-11-14(29-25-16)12-24-21(28)18-6-7-19(22)30-18;1-2/h4-7,10-11,16,25H,8-9,12H2,1-3H3,(H,24,28);1-2H3. The third kappa shape index (κ3) is 5.43. The van der Waals surface area contributed by atoms with Crippen molar-refractivity contribution in [2.24, 2.45) is 4.99 Å². The van der Waals surface area contributed by atoms with E-state index < -0.39 is 0 Å². The lowest BCUT2D eigenvalue weighted by Crippen LogP contribution is -2.25. The molecule has 172 valence electrons. The minimum absolute atomic E-state index is 0.109. The summed E-state index contributed by atoms with van der Waals surface area (Å²) in [6.07, 6.45) is 1.99. The fourth-order valence-corrected chi connectivity index (χ4v) is 4.47. The molecule has 1 aromatic heterocycles. The largest absolute Gasteiger partial charge is 0.411 e. The van der Waals surface area contributed by atoms with Crippen LogP contribution >= 0.6 is 22.9 Å². The number of amidine groups is 1. The highest BCUT2D eigenvalue weighted by molar-refractivity contribution is 7.18. The van der Waals surface area contributed by atoms with Gasteiger partial charge in [0, 0.05) is 38.9 Å². The van der Waals surface area contributed by atoms with Crippen molar-refractivity contribution < 1.29 is 9.63 Å². The van der Waals surface area contributed by atoms with Gasteiger partial charge in [0.15, 0.2) is 0 Å². The Morgan fingerprint density at radius 3 is 2.75 bits per heavy atom. The normalized spacial score (nSPS) is 17.2. The van der Waals surface area contributed by atoms with E-state index in [2.05, 4.69) is 50.8 Å². The highest BCUT2D eigenvalue weighted by atomic mass is 35.5. The molecule has 0 bridgehead atoms. The topological polar surface area (TPSA) is 69.2 Å². The van der Waals surface area contributed by atoms with Crippen LogP contribution in [0.2, 0.25) is 4.34 Å². The predicted octanol–water partition coefficient (Wildman–Crippen LogP) is 4.08. The molecule has 0 radical (unpaired) electrons. The zero-order valence-corrected chi connectivity index (χ0v) is 20.7. The second-order valence-corrected chi connectivity index (χ2v) is 9.13. The second-order valence-electron chi connectivity index (χ2n) is 7.41. The first-order valence-corrected chi connectivity index (χ1v) is 11.9. The van der Waals surface area contributed by atoms with Crippen LogP contribution in [0.3, 0.4) is 0 Å². The van der Waals surface area contributed by atoms with E-state index >= 15 is 0 Å². The van der Waals surface area contributed by atoms with Crippen LogP contribution in [-0.4, -0.2) is 57.4 Å². The first-order valence-electron chi connectivity index (χ1n) is 10.7. The lowest BCUT2D eigenvalue weighted by atomic mass is 10.0. The summed E-state index contributed by atoms with van der Waals surface area (Å²) in [7, 11) is 6.11. The first kappa shape index (κ1) is 24.1. The number of hydroxylamine groups is 1. The van der Waals surface area contributed by atoms with Crippen molar-refractivity contribution in [1.82, 2.24) is 15.7 Å². The molecule has 9 heteroatoms. The Hall–Kier alpha value is -2.55. The van der Waals surface area contributed by atoms with Crippen LogP contribution in [0.15, 0.2) is 47.2 Å². The average molecular weight is 476 g/mol. The summed E-state index contributed by atoms with van der Waals surface area (Å²) in [6.45, 7) is 6.08. The first-order chi connectivity index (χ1) is 15.4. The molecule has 0 fully saturated rings. The summed E-state index contributed by atoms with van der Waals surface area (Å²) in [5.74, 6) is 1.53. The van der Waals surface area contributed by atoms with Crippen molar-refractivity contribution in [2.45, 2.75) is 19.9 Å². The van der Waals surface area contributed by atoms with Crippen molar-refractivity contribution in [2.75, 3.05) is 45.7 Å². The van der Waals surface area contributed by atoms with Crippen LogP contribution in [0.5, 0.6) is 0 Å². The number of benzene rings is 1. The van der Waals surface area contributed by atoms with E-state index in [1.807, 2.05) is 34.0 Å². The SMILES string of the molecule is CC.CN1CCN=C1c1ccc(C2C=C(CNC(=O)c3ccc(Cl)s3)ON2)c(N(C)C)c1. The zero-order valence-electron chi connectivity index (χ0n) is 19.1. The minimum Gasteiger partial charge on any atom is -0.411 e. The third-order valence-electron chi connectivity index (χ3n) is 5.05. The highest BCUT2D eigenvalue weighted by Gasteiger charge is 2.24. The zero-order chi connectivity index (χ0) is 23.3. The number of hydrogen-bond acceptors (Lipinski definition) is 7. The predicted molar refractivity (Wildman–Crippen MR) is 133 cm³/mol. The van der Waals surface area contributed by atoms with Gasteiger partial charge < -0.3 is 20.0 Å². The molecule has 1 amide bonds. The van der Waals surface area contributed by atoms with Crippen LogP contribution in [0, 0.1) is 0 Å². The molecule has 1 unspecified atom stereocenters. The third-order valence-corrected chi connectivity index (χ3v) is 6.28. The molecule has 1 atom stereocenters. The van der Waals surface area contributed by atoms with Crippen molar-refractivity contribution in [3.8, 4) is 0 Å². The molecule has 2 aromatic rings. The van der Waals surface area contributed by atoms with Gasteiger partial charge in [-0.3, -0.25) is 9.79 Å². The van der Waals surface area contributed by atoms with E-state index in [0.29, 0.717) is 21.5 Å². The lowest BCUT2D eigenvalue weighted by Gasteiger charge is -2.22. The fourth-order valence-electron chi connectivity index (χ4n) is 3.51. The van der Waals surface area contributed by atoms with Gasteiger partial charge in [0.05, 0.1) is 28.3 Å². The maximum atomic E-state index is 12.2. The molecule has 32 heavy (non-hydrogen) atoms. The van der Waals surface area contributed by atoms with Crippen LogP contribution in [0.25, 0.3) is 0 Å². The number of rotatable bonds is 6. The van der Waals surface area contributed by atoms with E-state index in [1.54, 1.807) is 12.1 Å². The van der Waals surface area contributed by atoms with Gasteiger partial charge in [-0.1, -0.05) is 37.6 Å². The molecule has 0 aliphatic carbocycles. The van der Waals surface area contributed by atoms with Crippen LogP contribution in [0.1, 0.15) is 40.7 Å². The number of anilines is 1. The number of carbonyl (C=O) groups excluding carboxylic acids is 1. The molecule has 2 N–H and O–H groups in total. The molecular weight excluding hydrogens is 446 g/mol. The maximum Gasteiger partial charge on any atom is 0.261 e. The van der Waals surface area contributed by atoms with E-state index in [4.69, 9.17) is 16.4 Å². The molecule has 2 aliphatic rings. The number of halogens is 1. The fraction of sp³-hybridized carbons (Fsp3) is 0.391. The molecule has 2 aliphatic heterocycles. The second kappa shape index (κ2) is 10.8. The van der Waals surface area contributed by atoms with Gasteiger partial charge in [-0.25, -0.2) is 0 Å². The number of carbonyl (C=O) groups is 1. The van der Waals surface area contributed by atoms with Gasteiger partial charge in [-0.05, 0) is 29.8 Å². The Labute approximate surface area is 198 Å². The Morgan fingerprint density at radius 2 is 2.12 bits per heavy atom. The van der Waals surface area contributed by atoms with Crippen LogP contribution in [0.4, 0.5) is 5.69 Å². The number of thiophene rings is 1. The Morgan fingerprint density at radius 1 is 1.34 bits per heavy atom. The smallest absolute Gasteiger partial charge is 0.261 e. The molecule has 0 spiro atoms. The van der Waals surface area contributed by atoms with Crippen LogP contribution < -0.4 is 15.7 Å². The van der Waals surface area contributed by atoms with Crippen molar-refractivity contribution >= 4 is 40.4 Å². The van der Waals surface area contributed by atoms with Gasteiger partial charge >= 0.3 is 0 Å². The summed E-state index contributed by atoms with van der Waals surface area (Å²) in [4.78, 5) is 27.3. The van der Waals surface area contributed by atoms with E-state index in [9.17, 15) is 4.79 Å². The highest BCUT2D eigenvalue weighted by Crippen LogP contribution is 2.31. The maximum absolute atomic E-state index is 12.2. The monoisotopic (exact) mass is 475 g/mol. The Kier molecular flexibility index (Phi) is 8.17. The summed E-state index contributed by atoms with van der Waals surface area (Å²) in [5.41, 5.74) is 6.34. The van der Waals surface area contributed by atoms with E-state index in [0.717, 1.165) is 35.7 Å². The number of nitrogens with one attached hydrogen (secondary N) is 2. The molecule has 1 aromatic carbocycles. The molecule has 0 saturated carbocycles. The minimum atomic E-state index is -0.167. The Bertz CT molecular complexity index is 1020. The number of likely N-dealkylation sites (N-methyl/N-ethyl adjacent to an activating group) is 1. The molecule has 7 nitrogen and oxygen atoms in total. The van der Waals surface area contributed by atoms with Gasteiger partial charge in [0.2, 0.25) is 0 Å². The van der Waals surface area contributed by atoms with Gasteiger partial charge in [-0.15, -0.1) is 16.8 Å². The molecule has 3 heterocycles. The van der Waals surface area contributed by atoms with Crippen molar-refractivity contribution in [1.29, 1.82) is 0 Å². The number of hydrogen-bond donors (Lipinski definition) is 2. The Balaban J connectivity index is 0.00000141. The summed E-state index contributed by atoms with van der Waals surface area (Å²) < 4.78 is 0.590. The van der Waals surface area contributed by atoms with Gasteiger partial charge in [0.1, 0.15) is 11.6 Å². The number of nitrogens with zero attached hydrogens (tertiary/aromatic N) is 3. The molecule has 0 saturated heterocycles. The van der Waals surface area contributed by atoms with Crippen molar-refractivity contribution in [3.05, 3.63) is 62.5 Å². The van der Waals surface area contributed by atoms with Gasteiger partial charge in [0.25, 0.3) is 5.91 Å². The van der Waals surface area contributed by atoms with Crippen LogP contribution in [-0.2, 0) is 4.84 Å². The summed E-state index contributed by atoms with van der Waals surface area (Å²) in [6, 6.07) is 9.68. The van der Waals surface area contributed by atoms with Gasteiger partial charge in [-0.2, -0.15) is 0 Å². The molecule has 4 rings (SSSR count). The average Bonchev–Trinajstić information content (AvgIpc) is 3.54.